The molecule has 0 fully saturated rings. The van der Waals surface area contributed by atoms with E-state index in [1.54, 1.807) is 18.4 Å². The summed E-state index contributed by atoms with van der Waals surface area (Å²) < 4.78 is 10.8. The first-order chi connectivity index (χ1) is 7.11. The van der Waals surface area contributed by atoms with Gasteiger partial charge in [0.15, 0.2) is 5.69 Å². The number of hydrogen-bond donors (Lipinski definition) is 2. The van der Waals surface area contributed by atoms with E-state index in [0.29, 0.717) is 18.0 Å². The molecule has 1 aromatic rings. The van der Waals surface area contributed by atoms with Crippen LogP contribution in [0.4, 0.5) is 5.69 Å². The summed E-state index contributed by atoms with van der Waals surface area (Å²) in [5.41, 5.74) is 0.440. The summed E-state index contributed by atoms with van der Waals surface area (Å²) in [4.78, 5) is 14.5. The number of aromatic carboxylic acids is 1. The second-order valence-corrected chi connectivity index (χ2v) is 4.46. The van der Waals surface area contributed by atoms with Crippen LogP contribution < -0.4 is 5.32 Å². The molecule has 1 rings (SSSR count). The molecular formula is C9H12N2O3S. The van der Waals surface area contributed by atoms with Crippen LogP contribution in [-0.2, 0) is 10.8 Å². The highest BCUT2D eigenvalue weighted by Crippen LogP contribution is 2.11. The Morgan fingerprint density at radius 2 is 2.40 bits per heavy atom. The fourth-order valence-electron chi connectivity index (χ4n) is 1.05. The Balaban J connectivity index is 2.67. The lowest BCUT2D eigenvalue weighted by molar-refractivity contribution is 0.0691. The molecule has 0 saturated carbocycles. The van der Waals surface area contributed by atoms with Gasteiger partial charge in [-0.15, -0.1) is 0 Å². The quantitative estimate of drug-likeness (QED) is 0.770. The molecule has 1 unspecified atom stereocenters. The molecule has 15 heavy (non-hydrogen) atoms. The normalized spacial score (nSPS) is 12.1. The largest absolute Gasteiger partial charge is 0.476 e. The lowest BCUT2D eigenvalue weighted by atomic mass is 10.3. The Hall–Kier alpha value is -1.43. The highest BCUT2D eigenvalue weighted by Gasteiger charge is 2.09. The first-order valence-electron chi connectivity index (χ1n) is 4.33. The molecular weight excluding hydrogens is 216 g/mol. The maximum absolute atomic E-state index is 10.8. The van der Waals surface area contributed by atoms with E-state index < -0.39 is 16.8 Å². The highest BCUT2D eigenvalue weighted by atomic mass is 32.2. The van der Waals surface area contributed by atoms with Crippen molar-refractivity contribution in [2.75, 3.05) is 23.9 Å². The van der Waals surface area contributed by atoms with Crippen LogP contribution in [0.2, 0.25) is 0 Å². The van der Waals surface area contributed by atoms with Gasteiger partial charge in [-0.25, -0.2) is 9.78 Å². The second-order valence-electron chi connectivity index (χ2n) is 2.91. The molecule has 0 spiro atoms. The number of nitrogens with zero attached hydrogens (tertiary/aromatic N) is 1. The summed E-state index contributed by atoms with van der Waals surface area (Å²) in [7, 11) is -0.887. The Labute approximate surface area is 90.0 Å². The van der Waals surface area contributed by atoms with Gasteiger partial charge in [0.2, 0.25) is 0 Å². The fourth-order valence-corrected chi connectivity index (χ4v) is 1.44. The summed E-state index contributed by atoms with van der Waals surface area (Å²) in [5.74, 6) is -0.593. The van der Waals surface area contributed by atoms with Crippen LogP contribution in [-0.4, -0.2) is 38.8 Å². The smallest absolute Gasteiger partial charge is 0.356 e. The highest BCUT2D eigenvalue weighted by molar-refractivity contribution is 7.84. The Morgan fingerprint density at radius 1 is 1.67 bits per heavy atom. The minimum Gasteiger partial charge on any atom is -0.476 e. The molecule has 0 aromatic carbocycles. The molecule has 0 saturated heterocycles. The Kier molecular flexibility index (Phi) is 4.23. The number of nitrogens with one attached hydrogen (secondary N) is 1. The van der Waals surface area contributed by atoms with Gasteiger partial charge in [0.25, 0.3) is 0 Å². The predicted octanol–water partition coefficient (Wildman–Crippen LogP) is 0.570. The van der Waals surface area contributed by atoms with Gasteiger partial charge >= 0.3 is 5.97 Å². The van der Waals surface area contributed by atoms with Crippen LogP contribution in [0.5, 0.6) is 0 Å². The average Bonchev–Trinajstić information content (AvgIpc) is 2.17. The van der Waals surface area contributed by atoms with Crippen LogP contribution in [0.3, 0.4) is 0 Å². The SMILES string of the molecule is CS(=O)CCNc1cccnc1C(=O)O. The Bertz CT molecular complexity index is 381. The maximum atomic E-state index is 10.8. The average molecular weight is 228 g/mol. The zero-order valence-electron chi connectivity index (χ0n) is 8.27. The minimum atomic E-state index is -1.07. The molecule has 0 radical (unpaired) electrons. The van der Waals surface area contributed by atoms with E-state index in [2.05, 4.69) is 10.3 Å². The van der Waals surface area contributed by atoms with Crippen LogP contribution in [0.25, 0.3) is 0 Å². The summed E-state index contributed by atoms with van der Waals surface area (Å²) >= 11 is 0. The van der Waals surface area contributed by atoms with E-state index in [9.17, 15) is 9.00 Å². The number of rotatable bonds is 5. The van der Waals surface area contributed by atoms with E-state index >= 15 is 0 Å². The van der Waals surface area contributed by atoms with Crippen molar-refractivity contribution in [3.05, 3.63) is 24.0 Å². The molecule has 0 aliphatic carbocycles. The van der Waals surface area contributed by atoms with Crippen molar-refractivity contribution in [2.45, 2.75) is 0 Å². The lowest BCUT2D eigenvalue weighted by Gasteiger charge is -2.06. The minimum absolute atomic E-state index is 0.0145. The van der Waals surface area contributed by atoms with Crippen LogP contribution in [0.1, 0.15) is 10.5 Å². The zero-order chi connectivity index (χ0) is 11.3. The molecule has 0 amide bonds. The summed E-state index contributed by atoms with van der Waals surface area (Å²) in [6.45, 7) is 0.467. The molecule has 1 atom stereocenters. The number of carboxylic acid groups (broad SMARTS) is 1. The molecule has 1 aromatic heterocycles. The molecule has 1 heterocycles. The van der Waals surface area contributed by atoms with Crippen molar-refractivity contribution in [1.82, 2.24) is 4.98 Å². The molecule has 2 N–H and O–H groups in total. The van der Waals surface area contributed by atoms with Gasteiger partial charge < -0.3 is 10.4 Å². The molecule has 0 aliphatic rings. The lowest BCUT2D eigenvalue weighted by Crippen LogP contribution is -2.13. The first-order valence-corrected chi connectivity index (χ1v) is 6.06. The molecule has 82 valence electrons. The fraction of sp³-hybridized carbons (Fsp3) is 0.333. The van der Waals surface area contributed by atoms with Gasteiger partial charge in [-0.2, -0.15) is 0 Å². The number of carboxylic acids is 1. The van der Waals surface area contributed by atoms with E-state index in [4.69, 9.17) is 5.11 Å². The van der Waals surface area contributed by atoms with Gasteiger partial charge in [0.1, 0.15) is 0 Å². The van der Waals surface area contributed by atoms with Gasteiger partial charge in [0, 0.05) is 35.5 Å². The van der Waals surface area contributed by atoms with Crippen LogP contribution in [0.15, 0.2) is 18.3 Å². The second kappa shape index (κ2) is 5.45. The van der Waals surface area contributed by atoms with Crippen LogP contribution in [0, 0.1) is 0 Å². The third-order valence-corrected chi connectivity index (χ3v) is 2.49. The summed E-state index contributed by atoms with van der Waals surface area (Å²) in [6, 6.07) is 3.28. The Morgan fingerprint density at radius 3 is 3.00 bits per heavy atom. The third-order valence-electron chi connectivity index (χ3n) is 1.72. The standard InChI is InChI=1S/C9H12N2O3S/c1-15(14)6-5-10-7-3-2-4-11-8(7)9(12)13/h2-4,10H,5-6H2,1H3,(H,12,13). The van der Waals surface area contributed by atoms with E-state index in [1.165, 1.54) is 6.20 Å². The monoisotopic (exact) mass is 228 g/mol. The van der Waals surface area contributed by atoms with Crippen molar-refractivity contribution in [3.63, 3.8) is 0 Å². The molecule has 5 nitrogen and oxygen atoms in total. The molecule has 0 bridgehead atoms. The van der Waals surface area contributed by atoms with E-state index in [-0.39, 0.29) is 5.69 Å². The van der Waals surface area contributed by atoms with Crippen molar-refractivity contribution in [1.29, 1.82) is 0 Å². The van der Waals surface area contributed by atoms with Gasteiger partial charge in [-0.3, -0.25) is 4.21 Å². The topological polar surface area (TPSA) is 79.3 Å². The predicted molar refractivity (Wildman–Crippen MR) is 58.6 cm³/mol. The molecule has 6 heteroatoms. The van der Waals surface area contributed by atoms with E-state index in [1.807, 2.05) is 0 Å². The summed E-state index contributed by atoms with van der Waals surface area (Å²) in [6.07, 6.45) is 3.02. The number of anilines is 1. The first kappa shape index (κ1) is 11.6. The number of carbonyl (C=O) groups is 1. The van der Waals surface area contributed by atoms with Gasteiger partial charge in [-0.1, -0.05) is 0 Å². The van der Waals surface area contributed by atoms with Crippen molar-refractivity contribution in [3.8, 4) is 0 Å². The molecule has 0 aliphatic heterocycles. The van der Waals surface area contributed by atoms with Gasteiger partial charge in [0.05, 0.1) is 5.69 Å². The number of aromatic nitrogens is 1. The van der Waals surface area contributed by atoms with E-state index in [0.717, 1.165) is 0 Å². The van der Waals surface area contributed by atoms with Crippen molar-refractivity contribution < 1.29 is 14.1 Å². The number of hydrogen-bond acceptors (Lipinski definition) is 4. The van der Waals surface area contributed by atoms with Crippen LogP contribution >= 0.6 is 0 Å². The maximum Gasteiger partial charge on any atom is 0.356 e. The van der Waals surface area contributed by atoms with Crippen molar-refractivity contribution >= 4 is 22.5 Å². The van der Waals surface area contributed by atoms with Crippen molar-refractivity contribution in [2.24, 2.45) is 0 Å². The third kappa shape index (κ3) is 3.67. The number of pyridine rings is 1. The summed E-state index contributed by atoms with van der Waals surface area (Å²) in [5, 5.41) is 11.7. The van der Waals surface area contributed by atoms with Gasteiger partial charge in [-0.05, 0) is 12.1 Å². The zero-order valence-corrected chi connectivity index (χ0v) is 9.08.